The van der Waals surface area contributed by atoms with Crippen LogP contribution in [0, 0.1) is 0 Å². The Hall–Kier alpha value is -2.21. The van der Waals surface area contributed by atoms with Crippen molar-refractivity contribution in [3.63, 3.8) is 0 Å². The van der Waals surface area contributed by atoms with E-state index in [1.54, 1.807) is 18.5 Å². The molecule has 1 N–H and O–H groups in total. The standard InChI is InChI=1S/C14H16N4O2/c1-10-8-16-5-6-18(10)14(19)12-7-13(20-17-12)11-3-2-4-15-9-11/h2-4,7,9-10,16H,5-6,8H2,1H3/t10-/m0/s1. The van der Waals surface area contributed by atoms with Crippen LogP contribution in [-0.4, -0.2) is 46.6 Å². The van der Waals surface area contributed by atoms with Crippen molar-refractivity contribution in [3.05, 3.63) is 36.3 Å². The second-order valence-corrected chi connectivity index (χ2v) is 4.87. The number of hydrogen-bond donors (Lipinski definition) is 1. The van der Waals surface area contributed by atoms with Gasteiger partial charge in [0.15, 0.2) is 11.5 Å². The van der Waals surface area contributed by atoms with E-state index >= 15 is 0 Å². The highest BCUT2D eigenvalue weighted by Crippen LogP contribution is 2.20. The fourth-order valence-corrected chi connectivity index (χ4v) is 2.31. The zero-order valence-electron chi connectivity index (χ0n) is 11.2. The maximum absolute atomic E-state index is 12.4. The summed E-state index contributed by atoms with van der Waals surface area (Å²) < 4.78 is 5.24. The van der Waals surface area contributed by atoms with Crippen LogP contribution in [0.25, 0.3) is 11.3 Å². The van der Waals surface area contributed by atoms with Gasteiger partial charge in [0.25, 0.3) is 5.91 Å². The molecule has 2 aromatic heterocycles. The Morgan fingerprint density at radius 3 is 3.20 bits per heavy atom. The fourth-order valence-electron chi connectivity index (χ4n) is 2.31. The number of hydrogen-bond acceptors (Lipinski definition) is 5. The van der Waals surface area contributed by atoms with Crippen molar-refractivity contribution in [3.8, 4) is 11.3 Å². The average molecular weight is 272 g/mol. The molecule has 1 saturated heterocycles. The summed E-state index contributed by atoms with van der Waals surface area (Å²) in [6.45, 7) is 4.32. The number of rotatable bonds is 2. The Kier molecular flexibility index (Phi) is 3.47. The fraction of sp³-hybridized carbons (Fsp3) is 0.357. The van der Waals surface area contributed by atoms with Crippen LogP contribution in [0.4, 0.5) is 0 Å². The number of piperazine rings is 1. The topological polar surface area (TPSA) is 71.3 Å². The Bertz CT molecular complexity index is 596. The summed E-state index contributed by atoms with van der Waals surface area (Å²) >= 11 is 0. The van der Waals surface area contributed by atoms with Crippen molar-refractivity contribution in [2.75, 3.05) is 19.6 Å². The first-order valence-corrected chi connectivity index (χ1v) is 6.64. The molecule has 1 aliphatic rings. The lowest BCUT2D eigenvalue weighted by molar-refractivity contribution is 0.0645. The molecule has 20 heavy (non-hydrogen) atoms. The van der Waals surface area contributed by atoms with Crippen LogP contribution in [0.2, 0.25) is 0 Å². The molecule has 2 aromatic rings. The van der Waals surface area contributed by atoms with Crippen molar-refractivity contribution >= 4 is 5.91 Å². The first-order valence-electron chi connectivity index (χ1n) is 6.64. The summed E-state index contributed by atoms with van der Waals surface area (Å²) in [7, 11) is 0. The lowest BCUT2D eigenvalue weighted by Crippen LogP contribution is -2.52. The third-order valence-corrected chi connectivity index (χ3v) is 3.44. The molecule has 0 spiro atoms. The minimum atomic E-state index is -0.0853. The molecular weight excluding hydrogens is 256 g/mol. The van der Waals surface area contributed by atoms with Crippen LogP contribution in [0.1, 0.15) is 17.4 Å². The van der Waals surface area contributed by atoms with Crippen LogP contribution in [0.3, 0.4) is 0 Å². The van der Waals surface area contributed by atoms with Gasteiger partial charge in [0.05, 0.1) is 0 Å². The molecule has 0 bridgehead atoms. The van der Waals surface area contributed by atoms with Crippen LogP contribution in [0.5, 0.6) is 0 Å². The molecule has 6 nitrogen and oxygen atoms in total. The van der Waals surface area contributed by atoms with Gasteiger partial charge < -0.3 is 14.7 Å². The van der Waals surface area contributed by atoms with Crippen molar-refractivity contribution in [1.29, 1.82) is 0 Å². The van der Waals surface area contributed by atoms with Gasteiger partial charge in [0, 0.05) is 49.7 Å². The lowest BCUT2D eigenvalue weighted by atomic mass is 10.2. The average Bonchev–Trinajstić information content (AvgIpc) is 2.98. The Morgan fingerprint density at radius 2 is 2.45 bits per heavy atom. The number of pyridine rings is 1. The summed E-state index contributed by atoms with van der Waals surface area (Å²) in [6.07, 6.45) is 3.37. The van der Waals surface area contributed by atoms with E-state index in [0.29, 0.717) is 18.0 Å². The normalized spacial score (nSPS) is 19.1. The van der Waals surface area contributed by atoms with E-state index in [4.69, 9.17) is 4.52 Å². The van der Waals surface area contributed by atoms with E-state index < -0.39 is 0 Å². The molecule has 0 radical (unpaired) electrons. The molecular formula is C14H16N4O2. The summed E-state index contributed by atoms with van der Waals surface area (Å²) in [5.41, 5.74) is 1.16. The smallest absolute Gasteiger partial charge is 0.276 e. The number of carbonyl (C=O) groups excluding carboxylic acids is 1. The van der Waals surface area contributed by atoms with Gasteiger partial charge >= 0.3 is 0 Å². The maximum Gasteiger partial charge on any atom is 0.276 e. The molecule has 1 aliphatic heterocycles. The Balaban J connectivity index is 1.81. The maximum atomic E-state index is 12.4. The molecule has 3 rings (SSSR count). The number of nitrogens with zero attached hydrogens (tertiary/aromatic N) is 3. The van der Waals surface area contributed by atoms with Gasteiger partial charge in [-0.15, -0.1) is 0 Å². The number of aromatic nitrogens is 2. The molecule has 6 heteroatoms. The van der Waals surface area contributed by atoms with E-state index in [-0.39, 0.29) is 11.9 Å². The third kappa shape index (κ3) is 2.42. The van der Waals surface area contributed by atoms with E-state index in [1.807, 2.05) is 24.0 Å². The molecule has 1 atom stereocenters. The Morgan fingerprint density at radius 1 is 1.55 bits per heavy atom. The van der Waals surface area contributed by atoms with E-state index in [2.05, 4.69) is 15.5 Å². The number of amides is 1. The van der Waals surface area contributed by atoms with E-state index in [1.165, 1.54) is 0 Å². The second-order valence-electron chi connectivity index (χ2n) is 4.87. The SMILES string of the molecule is C[C@H]1CNCCN1C(=O)c1cc(-c2cccnc2)on1. The highest BCUT2D eigenvalue weighted by Gasteiger charge is 2.26. The van der Waals surface area contributed by atoms with Gasteiger partial charge in [-0.3, -0.25) is 9.78 Å². The molecule has 3 heterocycles. The summed E-state index contributed by atoms with van der Waals surface area (Å²) in [5, 5.41) is 7.14. The monoisotopic (exact) mass is 272 g/mol. The van der Waals surface area contributed by atoms with Gasteiger partial charge in [-0.2, -0.15) is 0 Å². The van der Waals surface area contributed by atoms with Gasteiger partial charge in [-0.1, -0.05) is 5.16 Å². The lowest BCUT2D eigenvalue weighted by Gasteiger charge is -2.33. The largest absolute Gasteiger partial charge is 0.355 e. The predicted octanol–water partition coefficient (Wildman–Crippen LogP) is 1.17. The minimum Gasteiger partial charge on any atom is -0.355 e. The quantitative estimate of drug-likeness (QED) is 0.888. The first kappa shape index (κ1) is 12.8. The van der Waals surface area contributed by atoms with Gasteiger partial charge in [-0.05, 0) is 19.1 Å². The minimum absolute atomic E-state index is 0.0853. The van der Waals surface area contributed by atoms with Crippen LogP contribution in [0.15, 0.2) is 35.1 Å². The van der Waals surface area contributed by atoms with E-state index in [0.717, 1.165) is 18.7 Å². The van der Waals surface area contributed by atoms with Crippen molar-refractivity contribution in [2.45, 2.75) is 13.0 Å². The summed E-state index contributed by atoms with van der Waals surface area (Å²) in [4.78, 5) is 18.3. The van der Waals surface area contributed by atoms with Crippen molar-refractivity contribution in [1.82, 2.24) is 20.4 Å². The highest BCUT2D eigenvalue weighted by atomic mass is 16.5. The zero-order valence-corrected chi connectivity index (χ0v) is 11.2. The predicted molar refractivity (Wildman–Crippen MR) is 73.1 cm³/mol. The van der Waals surface area contributed by atoms with Crippen LogP contribution in [-0.2, 0) is 0 Å². The molecule has 1 fully saturated rings. The first-order chi connectivity index (χ1) is 9.75. The second kappa shape index (κ2) is 5.42. The molecule has 0 aliphatic carbocycles. The highest BCUT2D eigenvalue weighted by molar-refractivity contribution is 5.93. The molecule has 0 aromatic carbocycles. The Labute approximate surface area is 116 Å². The summed E-state index contributed by atoms with van der Waals surface area (Å²) in [6, 6.07) is 5.52. The van der Waals surface area contributed by atoms with E-state index in [9.17, 15) is 4.79 Å². The van der Waals surface area contributed by atoms with Gasteiger partial charge in [-0.25, -0.2) is 0 Å². The van der Waals surface area contributed by atoms with Crippen LogP contribution < -0.4 is 5.32 Å². The molecule has 0 unspecified atom stereocenters. The van der Waals surface area contributed by atoms with Crippen molar-refractivity contribution < 1.29 is 9.32 Å². The summed E-state index contributed by atoms with van der Waals surface area (Å²) in [5.74, 6) is 0.474. The number of carbonyl (C=O) groups is 1. The molecule has 1 amide bonds. The van der Waals surface area contributed by atoms with Gasteiger partial charge in [0.1, 0.15) is 0 Å². The third-order valence-electron chi connectivity index (χ3n) is 3.44. The van der Waals surface area contributed by atoms with Gasteiger partial charge in [0.2, 0.25) is 0 Å². The molecule has 104 valence electrons. The number of nitrogens with one attached hydrogen (secondary N) is 1. The zero-order chi connectivity index (χ0) is 13.9. The molecule has 0 saturated carbocycles. The van der Waals surface area contributed by atoms with Crippen LogP contribution >= 0.6 is 0 Å². The van der Waals surface area contributed by atoms with Crippen molar-refractivity contribution in [2.24, 2.45) is 0 Å².